The van der Waals surface area contributed by atoms with Crippen LogP contribution >= 0.6 is 0 Å². The van der Waals surface area contributed by atoms with Gasteiger partial charge in [-0.05, 0) is 25.3 Å². The van der Waals surface area contributed by atoms with Crippen LogP contribution in [-0.4, -0.2) is 51.0 Å². The molecule has 0 radical (unpaired) electrons. The lowest BCUT2D eigenvalue weighted by molar-refractivity contribution is -0.145. The number of carbonyl (C=O) groups excluding carboxylic acids is 1. The molecule has 2 atom stereocenters. The first-order valence-corrected chi connectivity index (χ1v) is 8.99. The Morgan fingerprint density at radius 2 is 2.04 bits per heavy atom. The van der Waals surface area contributed by atoms with Gasteiger partial charge in [0.05, 0.1) is 17.5 Å². The molecule has 1 amide bonds. The maximum atomic E-state index is 12.4. The number of carboxylic acids is 1. The van der Waals surface area contributed by atoms with Gasteiger partial charge in [0.15, 0.2) is 0 Å². The summed E-state index contributed by atoms with van der Waals surface area (Å²) in [5.74, 6) is -0.613. The van der Waals surface area contributed by atoms with Gasteiger partial charge in [-0.3, -0.25) is 14.5 Å². The van der Waals surface area contributed by atoms with Gasteiger partial charge >= 0.3 is 5.97 Å². The Labute approximate surface area is 147 Å². The highest BCUT2D eigenvalue weighted by Gasteiger charge is 2.36. The summed E-state index contributed by atoms with van der Waals surface area (Å²) in [6, 6.07) is 2.15. The van der Waals surface area contributed by atoms with Gasteiger partial charge in [-0.15, -0.1) is 0 Å². The molecule has 0 bridgehead atoms. The van der Waals surface area contributed by atoms with Gasteiger partial charge in [-0.1, -0.05) is 13.8 Å². The van der Waals surface area contributed by atoms with E-state index >= 15 is 0 Å². The zero-order valence-electron chi connectivity index (χ0n) is 14.8. The third-order valence-electron chi connectivity index (χ3n) is 4.80. The van der Waals surface area contributed by atoms with E-state index in [1.165, 1.54) is 0 Å². The van der Waals surface area contributed by atoms with Crippen LogP contribution in [0, 0.1) is 11.8 Å². The number of aliphatic carboxylic acids is 1. The minimum Gasteiger partial charge on any atom is -0.481 e. The zero-order chi connectivity index (χ0) is 18.0. The average Bonchev–Trinajstić information content (AvgIpc) is 3.38. The SMILES string of the molecule is CC(C)c1nccc(CN2C[C@H](C(=O)O)C[C@@H](C(=O)NC3CC3)C2)n1. The number of hydrogen-bond donors (Lipinski definition) is 2. The lowest BCUT2D eigenvalue weighted by Gasteiger charge is -2.35. The third-order valence-corrected chi connectivity index (χ3v) is 4.80. The van der Waals surface area contributed by atoms with E-state index in [4.69, 9.17) is 0 Å². The molecule has 2 fully saturated rings. The van der Waals surface area contributed by atoms with Crippen molar-refractivity contribution in [1.29, 1.82) is 0 Å². The molecule has 1 aromatic rings. The molecule has 0 unspecified atom stereocenters. The molecule has 7 heteroatoms. The lowest BCUT2D eigenvalue weighted by Crippen LogP contribution is -2.48. The number of nitrogens with one attached hydrogen (secondary N) is 1. The summed E-state index contributed by atoms with van der Waals surface area (Å²) in [4.78, 5) is 34.8. The van der Waals surface area contributed by atoms with Crippen molar-refractivity contribution in [2.75, 3.05) is 13.1 Å². The fourth-order valence-electron chi connectivity index (χ4n) is 3.24. The first kappa shape index (κ1) is 17.8. The molecule has 1 aliphatic carbocycles. The lowest BCUT2D eigenvalue weighted by atomic mass is 9.88. The number of piperidine rings is 1. The molecule has 2 heterocycles. The second-order valence-electron chi connectivity index (χ2n) is 7.51. The standard InChI is InChI=1S/C18H26N4O3/c1-11(2)16-19-6-5-15(20-16)10-22-8-12(7-13(9-22)18(24)25)17(23)21-14-3-4-14/h5-6,11-14H,3-4,7-10H2,1-2H3,(H,21,23)(H,24,25)/t12-,13-/m1/s1. The Morgan fingerprint density at radius 1 is 1.32 bits per heavy atom. The summed E-state index contributed by atoms with van der Waals surface area (Å²) in [5, 5.41) is 12.5. The minimum absolute atomic E-state index is 0.0102. The Morgan fingerprint density at radius 3 is 2.68 bits per heavy atom. The topological polar surface area (TPSA) is 95.4 Å². The maximum absolute atomic E-state index is 12.4. The van der Waals surface area contributed by atoms with E-state index < -0.39 is 11.9 Å². The van der Waals surface area contributed by atoms with E-state index in [2.05, 4.69) is 15.3 Å². The Bertz CT molecular complexity index is 645. The van der Waals surface area contributed by atoms with Crippen LogP contribution < -0.4 is 5.32 Å². The fourth-order valence-corrected chi connectivity index (χ4v) is 3.24. The number of carbonyl (C=O) groups is 2. The summed E-state index contributed by atoms with van der Waals surface area (Å²) >= 11 is 0. The van der Waals surface area contributed by atoms with Crippen LogP contribution in [0.3, 0.4) is 0 Å². The van der Waals surface area contributed by atoms with Crippen LogP contribution in [0.4, 0.5) is 0 Å². The number of likely N-dealkylation sites (tertiary alicyclic amines) is 1. The first-order valence-electron chi connectivity index (χ1n) is 8.99. The van der Waals surface area contributed by atoms with Crippen LogP contribution in [0.1, 0.15) is 50.5 Å². The van der Waals surface area contributed by atoms with Crippen molar-refractivity contribution < 1.29 is 14.7 Å². The van der Waals surface area contributed by atoms with E-state index in [1.807, 2.05) is 24.8 Å². The van der Waals surface area contributed by atoms with E-state index in [-0.39, 0.29) is 17.7 Å². The Hall–Kier alpha value is -2.02. The Balaban J connectivity index is 1.69. The quantitative estimate of drug-likeness (QED) is 0.808. The number of carboxylic acid groups (broad SMARTS) is 1. The van der Waals surface area contributed by atoms with E-state index in [0.717, 1.165) is 24.4 Å². The van der Waals surface area contributed by atoms with Gasteiger partial charge in [-0.25, -0.2) is 9.97 Å². The van der Waals surface area contributed by atoms with Crippen molar-refractivity contribution in [2.24, 2.45) is 11.8 Å². The molecule has 136 valence electrons. The average molecular weight is 346 g/mol. The second kappa shape index (κ2) is 7.47. The molecular weight excluding hydrogens is 320 g/mol. The number of aromatic nitrogens is 2. The van der Waals surface area contributed by atoms with E-state index in [9.17, 15) is 14.7 Å². The summed E-state index contributed by atoms with van der Waals surface area (Å²) < 4.78 is 0. The van der Waals surface area contributed by atoms with E-state index in [0.29, 0.717) is 32.1 Å². The molecule has 25 heavy (non-hydrogen) atoms. The molecule has 1 saturated heterocycles. The molecule has 7 nitrogen and oxygen atoms in total. The van der Waals surface area contributed by atoms with Gasteiger partial charge in [0.25, 0.3) is 0 Å². The van der Waals surface area contributed by atoms with Gasteiger partial charge < -0.3 is 10.4 Å². The van der Waals surface area contributed by atoms with Crippen molar-refractivity contribution in [1.82, 2.24) is 20.2 Å². The van der Waals surface area contributed by atoms with Crippen LogP contribution in [0.25, 0.3) is 0 Å². The van der Waals surface area contributed by atoms with Crippen LogP contribution in [0.2, 0.25) is 0 Å². The highest BCUT2D eigenvalue weighted by molar-refractivity contribution is 5.81. The number of nitrogens with zero attached hydrogens (tertiary/aromatic N) is 3. The van der Waals surface area contributed by atoms with Crippen LogP contribution in [0.15, 0.2) is 12.3 Å². The van der Waals surface area contributed by atoms with Crippen LogP contribution in [0.5, 0.6) is 0 Å². The molecular formula is C18H26N4O3. The second-order valence-corrected chi connectivity index (χ2v) is 7.51. The summed E-state index contributed by atoms with van der Waals surface area (Å²) in [6.45, 7) is 5.64. The molecule has 3 rings (SSSR count). The molecule has 0 aromatic carbocycles. The minimum atomic E-state index is -0.834. The van der Waals surface area contributed by atoms with Crippen LogP contribution in [-0.2, 0) is 16.1 Å². The summed E-state index contributed by atoms with van der Waals surface area (Å²) in [7, 11) is 0. The highest BCUT2D eigenvalue weighted by Crippen LogP contribution is 2.26. The maximum Gasteiger partial charge on any atom is 0.307 e. The fraction of sp³-hybridized carbons (Fsp3) is 0.667. The largest absolute Gasteiger partial charge is 0.481 e. The number of rotatable bonds is 6. The molecule has 1 aliphatic heterocycles. The van der Waals surface area contributed by atoms with Gasteiger partial charge in [0.2, 0.25) is 5.91 Å². The van der Waals surface area contributed by atoms with Crippen molar-refractivity contribution in [3.05, 3.63) is 23.8 Å². The predicted molar refractivity (Wildman–Crippen MR) is 91.8 cm³/mol. The molecule has 1 saturated carbocycles. The molecule has 2 N–H and O–H groups in total. The summed E-state index contributed by atoms with van der Waals surface area (Å²) in [6.07, 6.45) is 4.21. The Kier molecular flexibility index (Phi) is 5.32. The monoisotopic (exact) mass is 346 g/mol. The normalized spacial score (nSPS) is 24.3. The van der Waals surface area contributed by atoms with E-state index in [1.54, 1.807) is 6.20 Å². The van der Waals surface area contributed by atoms with Gasteiger partial charge in [0.1, 0.15) is 5.82 Å². The van der Waals surface area contributed by atoms with Gasteiger partial charge in [-0.2, -0.15) is 0 Å². The predicted octanol–water partition coefficient (Wildman–Crippen LogP) is 1.40. The third kappa shape index (κ3) is 4.75. The smallest absolute Gasteiger partial charge is 0.307 e. The van der Waals surface area contributed by atoms with Gasteiger partial charge in [0, 0.05) is 37.8 Å². The molecule has 0 spiro atoms. The summed E-state index contributed by atoms with van der Waals surface area (Å²) in [5.41, 5.74) is 0.867. The highest BCUT2D eigenvalue weighted by atomic mass is 16.4. The van der Waals surface area contributed by atoms with Crippen molar-refractivity contribution >= 4 is 11.9 Å². The van der Waals surface area contributed by atoms with Crippen molar-refractivity contribution in [2.45, 2.75) is 51.6 Å². The van der Waals surface area contributed by atoms with Crippen molar-refractivity contribution in [3.8, 4) is 0 Å². The molecule has 1 aromatic heterocycles. The van der Waals surface area contributed by atoms with Crippen molar-refractivity contribution in [3.63, 3.8) is 0 Å². The zero-order valence-corrected chi connectivity index (χ0v) is 14.8. The first-order chi connectivity index (χ1) is 11.9. The number of hydrogen-bond acceptors (Lipinski definition) is 5. The number of amides is 1. The molecule has 2 aliphatic rings.